The van der Waals surface area contributed by atoms with Crippen LogP contribution in [-0.4, -0.2) is 113 Å². The molecule has 1 aromatic rings. The molecule has 1 saturated heterocycles. The van der Waals surface area contributed by atoms with Gasteiger partial charge in [-0.25, -0.2) is 4.79 Å². The van der Waals surface area contributed by atoms with E-state index in [9.17, 15) is 39.8 Å². The number of nitrogens with zero attached hydrogens (tertiary/aromatic N) is 4. The minimum atomic E-state index is -1.67. The lowest BCUT2D eigenvalue weighted by Gasteiger charge is -2.40. The van der Waals surface area contributed by atoms with Gasteiger partial charge in [0.2, 0.25) is 0 Å². The van der Waals surface area contributed by atoms with Crippen molar-refractivity contribution < 1.29 is 44.5 Å². The summed E-state index contributed by atoms with van der Waals surface area (Å²) in [5.41, 5.74) is 0.413. The molecular weight excluding hydrogens is 699 g/mol. The van der Waals surface area contributed by atoms with E-state index in [4.69, 9.17) is 9.47 Å². The molecule has 2 rings (SSSR count). The Kier molecular flexibility index (Phi) is 26.4. The van der Waals surface area contributed by atoms with Crippen molar-refractivity contribution in [3.8, 4) is 0 Å². The molecular formula is C40H75FN4O9. The maximum atomic E-state index is 13.4. The van der Waals surface area contributed by atoms with Gasteiger partial charge in [-0.2, -0.15) is 9.36 Å². The number of aromatic nitrogens is 4. The molecule has 0 aromatic carbocycles. The number of alkyl halides is 1. The van der Waals surface area contributed by atoms with Gasteiger partial charge in [0.05, 0.1) is 26.0 Å². The molecule has 14 heteroatoms. The van der Waals surface area contributed by atoms with Crippen LogP contribution in [0.25, 0.3) is 0 Å². The van der Waals surface area contributed by atoms with Crippen LogP contribution in [0.4, 0.5) is 4.39 Å². The van der Waals surface area contributed by atoms with E-state index in [0.717, 1.165) is 87.3 Å². The average Bonchev–Trinajstić information content (AvgIpc) is 3.53. The predicted molar refractivity (Wildman–Crippen MR) is 207 cm³/mol. The van der Waals surface area contributed by atoms with E-state index in [-0.39, 0.29) is 6.67 Å². The van der Waals surface area contributed by atoms with Gasteiger partial charge in [0, 0.05) is 6.54 Å². The minimum absolute atomic E-state index is 0.300. The van der Waals surface area contributed by atoms with Crippen molar-refractivity contribution in [2.75, 3.05) is 19.9 Å². The van der Waals surface area contributed by atoms with E-state index < -0.39 is 67.9 Å². The Bertz CT molecular complexity index is 1140. The molecule has 0 saturated carbocycles. The zero-order valence-corrected chi connectivity index (χ0v) is 33.2. The smallest absolute Gasteiger partial charge is 0.364 e. The van der Waals surface area contributed by atoms with Gasteiger partial charge in [0.15, 0.2) is 6.29 Å². The number of aliphatic hydroxyl groups is 6. The van der Waals surface area contributed by atoms with Crippen molar-refractivity contribution >= 4 is 0 Å². The van der Waals surface area contributed by atoms with Crippen molar-refractivity contribution in [3.63, 3.8) is 0 Å². The molecule has 1 aliphatic heterocycles. The molecule has 2 heterocycles. The number of rotatable bonds is 34. The highest BCUT2D eigenvalue weighted by Gasteiger charge is 2.45. The number of unbranched alkanes of at least 4 members (excludes halogenated alkanes) is 19. The molecule has 8 atom stereocenters. The first-order valence-electron chi connectivity index (χ1n) is 21.2. The zero-order valence-electron chi connectivity index (χ0n) is 33.2. The number of ether oxygens (including phenoxy) is 2. The van der Waals surface area contributed by atoms with Crippen LogP contribution in [0.5, 0.6) is 0 Å². The highest BCUT2D eigenvalue weighted by Crippen LogP contribution is 2.25. The Balaban J connectivity index is 1.86. The van der Waals surface area contributed by atoms with Gasteiger partial charge in [-0.05, 0) is 42.5 Å². The van der Waals surface area contributed by atoms with E-state index in [1.165, 1.54) is 56.0 Å². The highest BCUT2D eigenvalue weighted by molar-refractivity contribution is 4.93. The second-order valence-electron chi connectivity index (χ2n) is 15.4. The summed E-state index contributed by atoms with van der Waals surface area (Å²) >= 11 is 0. The van der Waals surface area contributed by atoms with E-state index in [1.54, 1.807) is 0 Å². The lowest BCUT2D eigenvalue weighted by atomic mass is 9.98. The van der Waals surface area contributed by atoms with Crippen LogP contribution in [0.15, 0.2) is 16.9 Å². The van der Waals surface area contributed by atoms with Gasteiger partial charge < -0.3 is 40.1 Å². The fraction of sp³-hybridized carbons (Fsp3) is 0.925. The molecule has 0 amide bonds. The molecule has 5 unspecified atom stereocenters. The fourth-order valence-electron chi connectivity index (χ4n) is 7.10. The van der Waals surface area contributed by atoms with E-state index >= 15 is 0 Å². The van der Waals surface area contributed by atoms with Crippen LogP contribution in [0.1, 0.15) is 167 Å². The summed E-state index contributed by atoms with van der Waals surface area (Å²) in [4.78, 5) is 13.4. The Labute approximate surface area is 322 Å². The monoisotopic (exact) mass is 775 g/mol. The second-order valence-corrected chi connectivity index (χ2v) is 15.4. The fourth-order valence-corrected chi connectivity index (χ4v) is 7.10. The van der Waals surface area contributed by atoms with Gasteiger partial charge in [-0.15, -0.1) is 0 Å². The van der Waals surface area contributed by atoms with Gasteiger partial charge >= 0.3 is 5.69 Å². The molecule has 0 bridgehead atoms. The Morgan fingerprint density at radius 2 is 1.31 bits per heavy atom. The number of halogens is 1. The predicted octanol–water partition coefficient (Wildman–Crippen LogP) is 5.43. The number of hydrogen-bond donors (Lipinski definition) is 6. The molecule has 0 radical (unpaired) electrons. The highest BCUT2D eigenvalue weighted by atomic mass is 19.1. The number of aliphatic hydroxyl groups excluding tert-OH is 6. The van der Waals surface area contributed by atoms with Crippen molar-refractivity contribution in [2.24, 2.45) is 0 Å². The maximum absolute atomic E-state index is 13.4. The van der Waals surface area contributed by atoms with Crippen LogP contribution in [-0.2, 0) is 16.0 Å². The van der Waals surface area contributed by atoms with Crippen molar-refractivity contribution in [2.45, 2.75) is 217 Å². The van der Waals surface area contributed by atoms with Crippen molar-refractivity contribution in [1.82, 2.24) is 19.8 Å². The van der Waals surface area contributed by atoms with Crippen LogP contribution >= 0.6 is 0 Å². The number of aryl methyl sites for hydroxylation is 1. The van der Waals surface area contributed by atoms with Crippen LogP contribution in [0, 0.1) is 0 Å². The molecule has 0 aliphatic carbocycles. The van der Waals surface area contributed by atoms with Gasteiger partial charge in [-0.1, -0.05) is 141 Å². The van der Waals surface area contributed by atoms with Gasteiger partial charge in [0.25, 0.3) is 0 Å². The third-order valence-corrected chi connectivity index (χ3v) is 10.7. The Morgan fingerprint density at radius 3 is 1.87 bits per heavy atom. The molecule has 0 spiro atoms. The third-order valence-electron chi connectivity index (χ3n) is 10.7. The molecule has 1 aliphatic rings. The first-order chi connectivity index (χ1) is 26.2. The summed E-state index contributed by atoms with van der Waals surface area (Å²) in [6, 6.07) is -1.20. The number of tetrazole rings is 1. The van der Waals surface area contributed by atoms with Crippen LogP contribution in [0.3, 0.4) is 0 Å². The quantitative estimate of drug-likeness (QED) is 0.0387. The first-order valence-corrected chi connectivity index (χ1v) is 21.2. The Morgan fingerprint density at radius 1 is 0.778 bits per heavy atom. The lowest BCUT2D eigenvalue weighted by Crippen LogP contribution is -2.59. The van der Waals surface area contributed by atoms with Crippen molar-refractivity contribution in [1.29, 1.82) is 0 Å². The largest absolute Gasteiger partial charge is 0.394 e. The maximum Gasteiger partial charge on any atom is 0.364 e. The zero-order chi connectivity index (χ0) is 39.6. The molecule has 316 valence electrons. The summed E-state index contributed by atoms with van der Waals surface area (Å²) in [6.07, 6.45) is 14.8. The summed E-state index contributed by atoms with van der Waals surface area (Å²) in [5, 5.41) is 70.8. The van der Waals surface area contributed by atoms with Gasteiger partial charge in [-0.3, -0.25) is 4.39 Å². The summed E-state index contributed by atoms with van der Waals surface area (Å²) in [6.45, 7) is 5.06. The average molecular weight is 775 g/mol. The van der Waals surface area contributed by atoms with Crippen LogP contribution in [0.2, 0.25) is 0 Å². The van der Waals surface area contributed by atoms with Crippen LogP contribution < -0.4 is 5.69 Å². The molecule has 1 aromatic heterocycles. The Hall–Kier alpha value is -1.78. The third kappa shape index (κ3) is 18.4. The van der Waals surface area contributed by atoms with Gasteiger partial charge in [0.1, 0.15) is 36.6 Å². The summed E-state index contributed by atoms with van der Waals surface area (Å²) < 4.78 is 25.7. The topological polar surface area (TPSA) is 193 Å². The standard InChI is InChI=1S/C40H75FN4O9/c1-3-4-5-6-7-8-9-10-13-16-19-22-25-33(47)35(48)32(30-53-39-38(51)37(50)36(49)34(29-46)54-39)45-40(52)44(42-43-45)28-23-20-17-14-11-12-15-18-21-24-31(2)26-27-41/h32-39,46-51H,2-30H2,1H3/t32-,33+,34?,35-,36?,37?,38?,39?/m0/s1. The molecule has 54 heavy (non-hydrogen) atoms. The van der Waals surface area contributed by atoms with E-state index in [2.05, 4.69) is 23.9 Å². The lowest BCUT2D eigenvalue weighted by molar-refractivity contribution is -0.304. The van der Waals surface area contributed by atoms with E-state index in [0.29, 0.717) is 32.2 Å². The second kappa shape index (κ2) is 29.5. The number of hydrogen-bond acceptors (Lipinski definition) is 11. The molecule has 13 nitrogen and oxygen atoms in total. The normalized spacial score (nSPS) is 22.0. The number of allylic oxidation sites excluding steroid dienone is 1. The first kappa shape index (κ1) is 48.4. The summed E-state index contributed by atoms with van der Waals surface area (Å²) in [7, 11) is 0. The SMILES string of the molecule is C=C(CCF)CCCCCCCCCCCn1nnn([C@@H](COC2OC(CO)C(O)C(O)C2O)[C@H](O)[C@H](O)CCCCCCCCCCCCCC)c1=O. The van der Waals surface area contributed by atoms with Crippen molar-refractivity contribution in [3.05, 3.63) is 22.6 Å². The van der Waals surface area contributed by atoms with E-state index in [1.807, 2.05) is 0 Å². The summed E-state index contributed by atoms with van der Waals surface area (Å²) in [5.74, 6) is 0. The minimum Gasteiger partial charge on any atom is -0.394 e. The molecule has 1 fully saturated rings. The molecule has 6 N–H and O–H groups in total.